The lowest BCUT2D eigenvalue weighted by molar-refractivity contribution is -0.154. The molecule has 0 bridgehead atoms. The van der Waals surface area contributed by atoms with Crippen LogP contribution < -0.4 is 10.1 Å². The molecule has 1 N–H and O–H groups in total. The van der Waals surface area contributed by atoms with E-state index in [1.807, 2.05) is 20.8 Å². The number of carbonyl (C=O) groups is 2. The Balaban J connectivity index is 1.57. The molecule has 0 fully saturated rings. The molecule has 1 heterocycles. The second-order valence-corrected chi connectivity index (χ2v) is 7.79. The van der Waals surface area contributed by atoms with Gasteiger partial charge in [-0.2, -0.15) is 5.26 Å². The van der Waals surface area contributed by atoms with Crippen LogP contribution >= 0.6 is 0 Å². The van der Waals surface area contributed by atoms with Crippen molar-refractivity contribution in [1.82, 2.24) is 5.32 Å². The smallest absolute Gasteiger partial charge is 0.306 e. The number of fused-ring (bicyclic) bond motifs is 1. The molecule has 0 saturated carbocycles. The number of benzene rings is 1. The largest absolute Gasteiger partial charge is 0.480 e. The standard InChI is InChI=1S/C21H28N2O4/c1-21(2,3)27-19(24)8-6-4-5-7-11-23-20(25)18-13-16-12-15(14-22)9-10-17(16)26-18/h9-10,12,18H,4-8,11,13H2,1-3H3,(H,23,25). The lowest BCUT2D eigenvalue weighted by Gasteiger charge is -2.19. The molecule has 2 rings (SSSR count). The number of amides is 1. The fourth-order valence-electron chi connectivity index (χ4n) is 2.93. The highest BCUT2D eigenvalue weighted by atomic mass is 16.6. The van der Waals surface area contributed by atoms with E-state index in [9.17, 15) is 9.59 Å². The quantitative estimate of drug-likeness (QED) is 0.559. The number of ether oxygens (including phenoxy) is 2. The molecule has 1 unspecified atom stereocenters. The molecule has 1 atom stereocenters. The van der Waals surface area contributed by atoms with Crippen molar-refractivity contribution in [3.05, 3.63) is 29.3 Å². The number of hydrogen-bond acceptors (Lipinski definition) is 5. The van der Waals surface area contributed by atoms with Crippen LogP contribution in [0, 0.1) is 11.3 Å². The normalized spacial score (nSPS) is 15.4. The van der Waals surface area contributed by atoms with Gasteiger partial charge < -0.3 is 14.8 Å². The summed E-state index contributed by atoms with van der Waals surface area (Å²) in [6.07, 6.45) is 3.93. The number of esters is 1. The molecule has 1 aliphatic rings. The zero-order chi connectivity index (χ0) is 19.9. The summed E-state index contributed by atoms with van der Waals surface area (Å²) in [4.78, 5) is 23.8. The average molecular weight is 372 g/mol. The maximum atomic E-state index is 12.2. The van der Waals surface area contributed by atoms with Gasteiger partial charge in [0.1, 0.15) is 11.4 Å². The van der Waals surface area contributed by atoms with E-state index in [1.165, 1.54) is 0 Å². The van der Waals surface area contributed by atoms with Gasteiger partial charge in [-0.3, -0.25) is 9.59 Å². The highest BCUT2D eigenvalue weighted by molar-refractivity contribution is 5.82. The van der Waals surface area contributed by atoms with Gasteiger partial charge in [-0.15, -0.1) is 0 Å². The molecule has 0 saturated heterocycles. The lowest BCUT2D eigenvalue weighted by Crippen LogP contribution is -2.37. The fourth-order valence-corrected chi connectivity index (χ4v) is 2.93. The molecule has 1 aliphatic heterocycles. The van der Waals surface area contributed by atoms with Crippen molar-refractivity contribution in [2.75, 3.05) is 6.54 Å². The first-order chi connectivity index (χ1) is 12.8. The van der Waals surface area contributed by atoms with E-state index in [1.54, 1.807) is 18.2 Å². The third-order valence-electron chi connectivity index (χ3n) is 4.18. The molecule has 146 valence electrons. The monoisotopic (exact) mass is 372 g/mol. The Kier molecular flexibility index (Phi) is 7.23. The second kappa shape index (κ2) is 9.40. The van der Waals surface area contributed by atoms with E-state index < -0.39 is 11.7 Å². The molecule has 0 radical (unpaired) electrons. The van der Waals surface area contributed by atoms with E-state index in [-0.39, 0.29) is 11.9 Å². The van der Waals surface area contributed by atoms with Crippen LogP contribution in [0.3, 0.4) is 0 Å². The summed E-state index contributed by atoms with van der Waals surface area (Å²) in [5.74, 6) is 0.392. The van der Waals surface area contributed by atoms with Crippen LogP contribution in [0.5, 0.6) is 5.75 Å². The van der Waals surface area contributed by atoms with Crippen LogP contribution in [-0.4, -0.2) is 30.1 Å². The summed E-state index contributed by atoms with van der Waals surface area (Å²) in [5.41, 5.74) is 1.04. The summed E-state index contributed by atoms with van der Waals surface area (Å²) in [6, 6.07) is 7.30. The van der Waals surface area contributed by atoms with E-state index in [0.29, 0.717) is 30.7 Å². The lowest BCUT2D eigenvalue weighted by atomic mass is 10.1. The van der Waals surface area contributed by atoms with Gasteiger partial charge in [-0.05, 0) is 57.4 Å². The van der Waals surface area contributed by atoms with E-state index in [2.05, 4.69) is 11.4 Å². The zero-order valence-corrected chi connectivity index (χ0v) is 16.3. The van der Waals surface area contributed by atoms with Gasteiger partial charge >= 0.3 is 5.97 Å². The summed E-state index contributed by atoms with van der Waals surface area (Å²) < 4.78 is 10.9. The highest BCUT2D eigenvalue weighted by Gasteiger charge is 2.28. The van der Waals surface area contributed by atoms with Crippen LogP contribution in [0.2, 0.25) is 0 Å². The number of nitriles is 1. The van der Waals surface area contributed by atoms with Crippen molar-refractivity contribution in [2.24, 2.45) is 0 Å². The fraction of sp³-hybridized carbons (Fsp3) is 0.571. The third-order valence-corrected chi connectivity index (χ3v) is 4.18. The number of nitrogens with zero attached hydrogens (tertiary/aromatic N) is 1. The van der Waals surface area contributed by atoms with Gasteiger partial charge in [0.05, 0.1) is 11.6 Å². The summed E-state index contributed by atoms with van der Waals surface area (Å²) in [7, 11) is 0. The summed E-state index contributed by atoms with van der Waals surface area (Å²) in [5, 5.41) is 11.8. The molecule has 1 amide bonds. The number of nitrogens with one attached hydrogen (secondary N) is 1. The van der Waals surface area contributed by atoms with Crippen LogP contribution in [0.25, 0.3) is 0 Å². The van der Waals surface area contributed by atoms with Crippen molar-refractivity contribution < 1.29 is 19.1 Å². The second-order valence-electron chi connectivity index (χ2n) is 7.79. The number of hydrogen-bond donors (Lipinski definition) is 1. The van der Waals surface area contributed by atoms with Crippen LogP contribution in [-0.2, 0) is 20.7 Å². The Morgan fingerprint density at radius 1 is 1.26 bits per heavy atom. The molecule has 0 spiro atoms. The molecular formula is C21H28N2O4. The number of carbonyl (C=O) groups excluding carboxylic acids is 2. The maximum absolute atomic E-state index is 12.2. The molecule has 1 aromatic rings. The Morgan fingerprint density at radius 3 is 2.70 bits per heavy atom. The molecule has 6 nitrogen and oxygen atoms in total. The summed E-state index contributed by atoms with van der Waals surface area (Å²) >= 11 is 0. The van der Waals surface area contributed by atoms with Crippen molar-refractivity contribution in [3.8, 4) is 11.8 Å². The molecule has 0 aliphatic carbocycles. The predicted octanol–water partition coefficient (Wildman–Crippen LogP) is 3.27. The maximum Gasteiger partial charge on any atom is 0.306 e. The Labute approximate surface area is 160 Å². The summed E-state index contributed by atoms with van der Waals surface area (Å²) in [6.45, 7) is 6.18. The first kappa shape index (κ1) is 20.8. The first-order valence-electron chi connectivity index (χ1n) is 9.48. The van der Waals surface area contributed by atoms with Gasteiger partial charge in [0.2, 0.25) is 0 Å². The first-order valence-corrected chi connectivity index (χ1v) is 9.48. The number of rotatable bonds is 8. The predicted molar refractivity (Wildman–Crippen MR) is 101 cm³/mol. The van der Waals surface area contributed by atoms with Crippen LogP contribution in [0.15, 0.2) is 18.2 Å². The van der Waals surface area contributed by atoms with Gasteiger partial charge in [0.25, 0.3) is 5.91 Å². The molecule has 27 heavy (non-hydrogen) atoms. The number of unbranched alkanes of at least 4 members (excludes halogenated alkanes) is 3. The van der Waals surface area contributed by atoms with E-state index in [4.69, 9.17) is 14.7 Å². The van der Waals surface area contributed by atoms with Gasteiger partial charge in [0.15, 0.2) is 6.10 Å². The minimum absolute atomic E-state index is 0.126. The topological polar surface area (TPSA) is 88.4 Å². The van der Waals surface area contributed by atoms with Gasteiger partial charge in [0, 0.05) is 19.4 Å². The van der Waals surface area contributed by atoms with E-state index >= 15 is 0 Å². The molecule has 0 aromatic heterocycles. The SMILES string of the molecule is CC(C)(C)OC(=O)CCCCCCNC(=O)C1Cc2cc(C#N)ccc2O1. The average Bonchev–Trinajstić information content (AvgIpc) is 3.02. The molecule has 6 heteroatoms. The van der Waals surface area contributed by atoms with Crippen LogP contribution in [0.1, 0.15) is 64.0 Å². The molecular weight excluding hydrogens is 344 g/mol. The van der Waals surface area contributed by atoms with Gasteiger partial charge in [-0.25, -0.2) is 0 Å². The highest BCUT2D eigenvalue weighted by Crippen LogP contribution is 2.29. The van der Waals surface area contributed by atoms with Crippen molar-refractivity contribution in [2.45, 2.75) is 71.0 Å². The van der Waals surface area contributed by atoms with Gasteiger partial charge in [-0.1, -0.05) is 12.8 Å². The van der Waals surface area contributed by atoms with Crippen molar-refractivity contribution in [1.29, 1.82) is 5.26 Å². The zero-order valence-electron chi connectivity index (χ0n) is 16.3. The Bertz CT molecular complexity index is 716. The Morgan fingerprint density at radius 2 is 2.00 bits per heavy atom. The van der Waals surface area contributed by atoms with E-state index in [0.717, 1.165) is 31.2 Å². The van der Waals surface area contributed by atoms with Crippen molar-refractivity contribution >= 4 is 11.9 Å². The minimum atomic E-state index is -0.527. The van der Waals surface area contributed by atoms with Crippen LogP contribution in [0.4, 0.5) is 0 Å². The molecule has 1 aromatic carbocycles. The van der Waals surface area contributed by atoms with Crippen molar-refractivity contribution in [3.63, 3.8) is 0 Å². The Hall–Kier alpha value is -2.55. The third kappa shape index (κ3) is 6.93. The minimum Gasteiger partial charge on any atom is -0.480 e.